The van der Waals surface area contributed by atoms with Crippen molar-refractivity contribution in [1.29, 1.82) is 0 Å². The van der Waals surface area contributed by atoms with Crippen LogP contribution in [0.1, 0.15) is 30.0 Å². The van der Waals surface area contributed by atoms with Crippen molar-refractivity contribution < 1.29 is 9.90 Å². The molecule has 1 amide bonds. The van der Waals surface area contributed by atoms with Crippen LogP contribution in [0.3, 0.4) is 0 Å². The van der Waals surface area contributed by atoms with Gasteiger partial charge >= 0.3 is 0 Å². The number of carbonyl (C=O) groups is 1. The van der Waals surface area contributed by atoms with Gasteiger partial charge in [-0.25, -0.2) is 0 Å². The van der Waals surface area contributed by atoms with Crippen LogP contribution < -0.4 is 11.1 Å². The van der Waals surface area contributed by atoms with E-state index >= 15 is 0 Å². The van der Waals surface area contributed by atoms with Crippen molar-refractivity contribution in [2.24, 2.45) is 11.7 Å². The molecule has 0 heterocycles. The van der Waals surface area contributed by atoms with E-state index in [-0.39, 0.29) is 12.0 Å². The summed E-state index contributed by atoms with van der Waals surface area (Å²) < 4.78 is 0. The van der Waals surface area contributed by atoms with E-state index in [4.69, 9.17) is 10.8 Å². The number of hydrogen-bond acceptors (Lipinski definition) is 3. The number of hydrogen-bond donors (Lipinski definition) is 3. The molecule has 1 aliphatic rings. The molecule has 0 saturated heterocycles. The summed E-state index contributed by atoms with van der Waals surface area (Å²) in [7, 11) is 0. The third-order valence-corrected chi connectivity index (χ3v) is 3.49. The highest BCUT2D eigenvalue weighted by atomic mass is 16.3. The van der Waals surface area contributed by atoms with Crippen molar-refractivity contribution in [1.82, 2.24) is 5.32 Å². The molecule has 0 aromatic heterocycles. The first-order chi connectivity index (χ1) is 8.56. The van der Waals surface area contributed by atoms with Crippen LogP contribution in [-0.4, -0.2) is 23.7 Å². The standard InChI is InChI=1S/C14H20N2O2/c1-9-2-4-11(5-3-9)13(15)14(18)16-8-10-6-12(17)7-10/h2-5,10,12-13,17H,6-8,15H2,1H3,(H,16,18). The highest BCUT2D eigenvalue weighted by molar-refractivity contribution is 5.82. The van der Waals surface area contributed by atoms with E-state index in [0.29, 0.717) is 12.5 Å². The molecule has 2 rings (SSSR count). The third-order valence-electron chi connectivity index (χ3n) is 3.49. The molecule has 0 radical (unpaired) electrons. The zero-order chi connectivity index (χ0) is 13.1. The van der Waals surface area contributed by atoms with Gasteiger partial charge in [-0.1, -0.05) is 29.8 Å². The Kier molecular flexibility index (Phi) is 3.99. The number of rotatable bonds is 4. The number of amides is 1. The molecule has 0 spiro atoms. The lowest BCUT2D eigenvalue weighted by atomic mass is 9.82. The van der Waals surface area contributed by atoms with Gasteiger partial charge in [-0.2, -0.15) is 0 Å². The lowest BCUT2D eigenvalue weighted by Crippen LogP contribution is -2.41. The van der Waals surface area contributed by atoms with Crippen molar-refractivity contribution in [2.75, 3.05) is 6.54 Å². The molecule has 1 aromatic rings. The minimum absolute atomic E-state index is 0.153. The van der Waals surface area contributed by atoms with Gasteiger partial charge < -0.3 is 16.2 Å². The summed E-state index contributed by atoms with van der Waals surface area (Å²) in [6, 6.07) is 7.05. The summed E-state index contributed by atoms with van der Waals surface area (Å²) in [4.78, 5) is 11.9. The maximum atomic E-state index is 11.9. The van der Waals surface area contributed by atoms with Crippen molar-refractivity contribution in [2.45, 2.75) is 31.9 Å². The number of benzene rings is 1. The van der Waals surface area contributed by atoms with Gasteiger partial charge in [0.05, 0.1) is 6.10 Å². The first-order valence-electron chi connectivity index (χ1n) is 6.34. The van der Waals surface area contributed by atoms with Crippen LogP contribution >= 0.6 is 0 Å². The third kappa shape index (κ3) is 3.09. The molecule has 4 nitrogen and oxygen atoms in total. The zero-order valence-electron chi connectivity index (χ0n) is 10.6. The van der Waals surface area contributed by atoms with E-state index < -0.39 is 6.04 Å². The lowest BCUT2D eigenvalue weighted by molar-refractivity contribution is -0.123. The Bertz CT molecular complexity index is 410. The second-order valence-electron chi connectivity index (χ2n) is 5.12. The Hall–Kier alpha value is -1.39. The summed E-state index contributed by atoms with van der Waals surface area (Å²) in [5.74, 6) is 0.245. The molecule has 1 fully saturated rings. The van der Waals surface area contributed by atoms with E-state index in [9.17, 15) is 4.79 Å². The van der Waals surface area contributed by atoms with Crippen LogP contribution in [0.15, 0.2) is 24.3 Å². The van der Waals surface area contributed by atoms with Gasteiger partial charge in [0.1, 0.15) is 6.04 Å². The predicted molar refractivity (Wildman–Crippen MR) is 69.8 cm³/mol. The molecule has 18 heavy (non-hydrogen) atoms. The van der Waals surface area contributed by atoms with Crippen molar-refractivity contribution in [3.05, 3.63) is 35.4 Å². The molecule has 1 saturated carbocycles. The summed E-state index contributed by atoms with van der Waals surface area (Å²) in [6.45, 7) is 2.60. The SMILES string of the molecule is Cc1ccc(C(N)C(=O)NCC2CC(O)C2)cc1. The normalized spacial score (nSPS) is 24.2. The molecule has 1 atom stereocenters. The van der Waals surface area contributed by atoms with Crippen LogP contribution in [0.2, 0.25) is 0 Å². The molecule has 1 aliphatic carbocycles. The number of aliphatic hydroxyl groups excluding tert-OH is 1. The first kappa shape index (κ1) is 13.1. The van der Waals surface area contributed by atoms with Crippen molar-refractivity contribution >= 4 is 5.91 Å². The Balaban J connectivity index is 1.82. The lowest BCUT2D eigenvalue weighted by Gasteiger charge is -2.31. The molecule has 0 bridgehead atoms. The largest absolute Gasteiger partial charge is 0.393 e. The summed E-state index contributed by atoms with van der Waals surface area (Å²) in [5.41, 5.74) is 7.87. The van der Waals surface area contributed by atoms with Gasteiger partial charge in [0.2, 0.25) is 5.91 Å². The Morgan fingerprint density at radius 2 is 2.06 bits per heavy atom. The van der Waals surface area contributed by atoms with Crippen molar-refractivity contribution in [3.8, 4) is 0 Å². The summed E-state index contributed by atoms with van der Waals surface area (Å²) in [5, 5.41) is 12.0. The molecule has 4 N–H and O–H groups in total. The molecule has 98 valence electrons. The fourth-order valence-electron chi connectivity index (χ4n) is 2.15. The van der Waals surface area contributed by atoms with E-state index in [2.05, 4.69) is 5.32 Å². The highest BCUT2D eigenvalue weighted by Crippen LogP contribution is 2.26. The van der Waals surface area contributed by atoms with Crippen LogP contribution in [0.5, 0.6) is 0 Å². The van der Waals surface area contributed by atoms with E-state index in [0.717, 1.165) is 24.0 Å². The van der Waals surface area contributed by atoms with Crippen LogP contribution in [0.25, 0.3) is 0 Å². The number of carbonyl (C=O) groups excluding carboxylic acids is 1. The number of nitrogens with one attached hydrogen (secondary N) is 1. The Morgan fingerprint density at radius 3 is 2.61 bits per heavy atom. The maximum Gasteiger partial charge on any atom is 0.241 e. The topological polar surface area (TPSA) is 75.4 Å². The minimum atomic E-state index is -0.615. The summed E-state index contributed by atoms with van der Waals surface area (Å²) in [6.07, 6.45) is 1.37. The van der Waals surface area contributed by atoms with Gasteiger partial charge in [0.15, 0.2) is 0 Å². The average molecular weight is 248 g/mol. The Labute approximate surface area is 107 Å². The first-order valence-corrected chi connectivity index (χ1v) is 6.34. The molecule has 1 unspecified atom stereocenters. The molecule has 0 aliphatic heterocycles. The van der Waals surface area contributed by atoms with Crippen LogP contribution in [0.4, 0.5) is 0 Å². The number of aryl methyl sites for hydroxylation is 1. The molecule has 1 aromatic carbocycles. The zero-order valence-corrected chi connectivity index (χ0v) is 10.6. The molecular weight excluding hydrogens is 228 g/mol. The fourth-order valence-corrected chi connectivity index (χ4v) is 2.15. The fraction of sp³-hybridized carbons (Fsp3) is 0.500. The van der Waals surface area contributed by atoms with Crippen LogP contribution in [0, 0.1) is 12.8 Å². The van der Waals surface area contributed by atoms with Gasteiger partial charge in [-0.05, 0) is 31.2 Å². The number of aliphatic hydroxyl groups is 1. The highest BCUT2D eigenvalue weighted by Gasteiger charge is 2.27. The molecule has 4 heteroatoms. The van der Waals surface area contributed by atoms with Gasteiger partial charge in [-0.3, -0.25) is 4.79 Å². The second kappa shape index (κ2) is 5.50. The summed E-state index contributed by atoms with van der Waals surface area (Å²) >= 11 is 0. The van der Waals surface area contributed by atoms with Gasteiger partial charge in [0, 0.05) is 6.54 Å². The van der Waals surface area contributed by atoms with E-state index in [1.165, 1.54) is 0 Å². The quantitative estimate of drug-likeness (QED) is 0.740. The average Bonchev–Trinajstić information content (AvgIpc) is 2.33. The second-order valence-corrected chi connectivity index (χ2v) is 5.12. The number of nitrogens with two attached hydrogens (primary N) is 1. The predicted octanol–water partition coefficient (Wildman–Crippen LogP) is 0.882. The molecular formula is C14H20N2O2. The van der Waals surface area contributed by atoms with Crippen molar-refractivity contribution in [3.63, 3.8) is 0 Å². The van der Waals surface area contributed by atoms with E-state index in [1.807, 2.05) is 31.2 Å². The van der Waals surface area contributed by atoms with Gasteiger partial charge in [-0.15, -0.1) is 0 Å². The minimum Gasteiger partial charge on any atom is -0.393 e. The van der Waals surface area contributed by atoms with E-state index in [1.54, 1.807) is 0 Å². The monoisotopic (exact) mass is 248 g/mol. The van der Waals surface area contributed by atoms with Gasteiger partial charge in [0.25, 0.3) is 0 Å². The Morgan fingerprint density at radius 1 is 1.44 bits per heavy atom. The maximum absolute atomic E-state index is 11.9. The smallest absolute Gasteiger partial charge is 0.241 e. The van der Waals surface area contributed by atoms with Crippen LogP contribution in [-0.2, 0) is 4.79 Å².